The Labute approximate surface area is 129 Å². The van der Waals surface area contributed by atoms with E-state index in [1.807, 2.05) is 50.2 Å². The van der Waals surface area contributed by atoms with Crippen molar-refractivity contribution in [1.29, 1.82) is 0 Å². The lowest BCUT2D eigenvalue weighted by Gasteiger charge is -2.32. The zero-order valence-corrected chi connectivity index (χ0v) is 12.6. The van der Waals surface area contributed by atoms with Gasteiger partial charge in [-0.05, 0) is 29.8 Å². The van der Waals surface area contributed by atoms with Gasteiger partial charge < -0.3 is 10.6 Å². The summed E-state index contributed by atoms with van der Waals surface area (Å²) in [6.07, 6.45) is 0.454. The molecule has 0 saturated heterocycles. The second-order valence-corrected chi connectivity index (χ2v) is 6.19. The van der Waals surface area contributed by atoms with Crippen LogP contribution in [0.1, 0.15) is 36.2 Å². The van der Waals surface area contributed by atoms with E-state index in [9.17, 15) is 9.59 Å². The molecule has 1 aliphatic heterocycles. The number of hydrogen-bond donors (Lipinski definition) is 2. The lowest BCUT2D eigenvalue weighted by molar-refractivity contribution is -0.117. The van der Waals surface area contributed by atoms with Gasteiger partial charge in [-0.25, -0.2) is 0 Å². The Morgan fingerprint density at radius 1 is 1.14 bits per heavy atom. The Bertz CT molecular complexity index is 736. The molecule has 0 aromatic heterocycles. The number of carbonyl (C=O) groups is 2. The predicted octanol–water partition coefficient (Wildman–Crippen LogP) is 3.56. The van der Waals surface area contributed by atoms with Gasteiger partial charge in [-0.1, -0.05) is 38.1 Å². The summed E-state index contributed by atoms with van der Waals surface area (Å²) in [6, 6.07) is 14.8. The van der Waals surface area contributed by atoms with Gasteiger partial charge in [0.25, 0.3) is 5.91 Å². The Morgan fingerprint density at radius 3 is 2.59 bits per heavy atom. The Morgan fingerprint density at radius 2 is 1.86 bits per heavy atom. The predicted molar refractivity (Wildman–Crippen MR) is 87.1 cm³/mol. The van der Waals surface area contributed by atoms with E-state index in [2.05, 4.69) is 10.6 Å². The van der Waals surface area contributed by atoms with Crippen LogP contribution in [0.15, 0.2) is 48.5 Å². The summed E-state index contributed by atoms with van der Waals surface area (Å²) in [5.41, 5.74) is 2.84. The molecule has 0 radical (unpaired) electrons. The molecular weight excluding hydrogens is 276 g/mol. The Hall–Kier alpha value is -2.62. The van der Waals surface area contributed by atoms with Gasteiger partial charge >= 0.3 is 0 Å². The van der Waals surface area contributed by atoms with Crippen molar-refractivity contribution in [2.45, 2.75) is 25.7 Å². The molecule has 0 unspecified atom stereocenters. The van der Waals surface area contributed by atoms with Crippen LogP contribution in [-0.4, -0.2) is 11.8 Å². The van der Waals surface area contributed by atoms with Crippen LogP contribution in [0.2, 0.25) is 0 Å². The molecule has 22 heavy (non-hydrogen) atoms. The molecule has 0 atom stereocenters. The van der Waals surface area contributed by atoms with Crippen LogP contribution in [0.25, 0.3) is 0 Å². The summed E-state index contributed by atoms with van der Waals surface area (Å²) in [4.78, 5) is 24.1. The van der Waals surface area contributed by atoms with E-state index < -0.39 is 0 Å². The van der Waals surface area contributed by atoms with Crippen molar-refractivity contribution < 1.29 is 9.59 Å². The molecule has 1 aliphatic rings. The first-order valence-corrected chi connectivity index (χ1v) is 7.26. The largest absolute Gasteiger partial charge is 0.326 e. The van der Waals surface area contributed by atoms with Crippen molar-refractivity contribution in [1.82, 2.24) is 0 Å². The zero-order valence-electron chi connectivity index (χ0n) is 12.6. The SMILES string of the molecule is CC1(C)CC(=O)Nc2cc(C(=O)Nc3ccccc3)ccc21. The van der Waals surface area contributed by atoms with Gasteiger partial charge in [-0.3, -0.25) is 9.59 Å². The summed E-state index contributed by atoms with van der Waals surface area (Å²) in [6.45, 7) is 4.07. The lowest BCUT2D eigenvalue weighted by atomic mass is 9.77. The van der Waals surface area contributed by atoms with Crippen LogP contribution < -0.4 is 10.6 Å². The highest BCUT2D eigenvalue weighted by Crippen LogP contribution is 2.37. The maximum atomic E-state index is 12.3. The van der Waals surface area contributed by atoms with Crippen LogP contribution >= 0.6 is 0 Å². The van der Waals surface area contributed by atoms with Gasteiger partial charge in [0.05, 0.1) is 0 Å². The topological polar surface area (TPSA) is 58.2 Å². The van der Waals surface area contributed by atoms with Crippen LogP contribution in [0.5, 0.6) is 0 Å². The number of hydrogen-bond acceptors (Lipinski definition) is 2. The highest BCUT2D eigenvalue weighted by Gasteiger charge is 2.32. The highest BCUT2D eigenvalue weighted by atomic mass is 16.2. The third-order valence-corrected chi connectivity index (χ3v) is 3.92. The van der Waals surface area contributed by atoms with E-state index in [0.717, 1.165) is 16.9 Å². The molecule has 0 spiro atoms. The van der Waals surface area contributed by atoms with Crippen LogP contribution in [0.3, 0.4) is 0 Å². The fourth-order valence-electron chi connectivity index (χ4n) is 2.79. The van der Waals surface area contributed by atoms with Crippen molar-refractivity contribution >= 4 is 23.2 Å². The first-order chi connectivity index (χ1) is 10.5. The average molecular weight is 294 g/mol. The molecule has 1 heterocycles. The van der Waals surface area contributed by atoms with Gasteiger partial charge in [0, 0.05) is 28.8 Å². The minimum atomic E-state index is -0.216. The first kappa shape index (κ1) is 14.3. The average Bonchev–Trinajstić information content (AvgIpc) is 2.46. The third kappa shape index (κ3) is 2.72. The second kappa shape index (κ2) is 5.30. The number of fused-ring (bicyclic) bond motifs is 1. The Kier molecular flexibility index (Phi) is 3.45. The van der Waals surface area contributed by atoms with Gasteiger partial charge in [0.2, 0.25) is 5.91 Å². The minimum absolute atomic E-state index is 0.0156. The number of anilines is 2. The standard InChI is InChI=1S/C18H18N2O2/c1-18(2)11-16(21)20-15-10-12(8-9-14(15)18)17(22)19-13-6-4-3-5-7-13/h3-10H,11H2,1-2H3,(H,19,22)(H,20,21). The van der Waals surface area contributed by atoms with Crippen molar-refractivity contribution in [3.8, 4) is 0 Å². The Balaban J connectivity index is 1.89. The molecular formula is C18H18N2O2. The summed E-state index contributed by atoms with van der Waals surface area (Å²) in [5.74, 6) is -0.204. The van der Waals surface area contributed by atoms with Crippen molar-refractivity contribution in [3.63, 3.8) is 0 Å². The normalized spacial score (nSPS) is 15.6. The van der Waals surface area contributed by atoms with E-state index in [-0.39, 0.29) is 17.2 Å². The molecule has 2 N–H and O–H groups in total. The maximum Gasteiger partial charge on any atom is 0.255 e. The van der Waals surface area contributed by atoms with Crippen molar-refractivity contribution in [3.05, 3.63) is 59.7 Å². The number of amides is 2. The van der Waals surface area contributed by atoms with Gasteiger partial charge in [0.15, 0.2) is 0 Å². The maximum absolute atomic E-state index is 12.3. The summed E-state index contributed by atoms with van der Waals surface area (Å²) in [7, 11) is 0. The fraction of sp³-hybridized carbons (Fsp3) is 0.222. The molecule has 4 nitrogen and oxygen atoms in total. The number of rotatable bonds is 2. The smallest absolute Gasteiger partial charge is 0.255 e. The second-order valence-electron chi connectivity index (χ2n) is 6.19. The van der Waals surface area contributed by atoms with Crippen LogP contribution in [-0.2, 0) is 10.2 Å². The van der Waals surface area contributed by atoms with E-state index in [1.54, 1.807) is 12.1 Å². The molecule has 0 fully saturated rings. The third-order valence-electron chi connectivity index (χ3n) is 3.92. The number of benzene rings is 2. The van der Waals surface area contributed by atoms with Gasteiger partial charge in [0.1, 0.15) is 0 Å². The molecule has 2 aromatic rings. The summed E-state index contributed by atoms with van der Waals surface area (Å²) >= 11 is 0. The summed E-state index contributed by atoms with van der Waals surface area (Å²) < 4.78 is 0. The fourth-order valence-corrected chi connectivity index (χ4v) is 2.79. The monoisotopic (exact) mass is 294 g/mol. The number of carbonyl (C=O) groups excluding carboxylic acids is 2. The van der Waals surface area contributed by atoms with Gasteiger partial charge in [-0.15, -0.1) is 0 Å². The molecule has 0 bridgehead atoms. The molecule has 2 amide bonds. The molecule has 2 aromatic carbocycles. The van der Waals surface area contributed by atoms with Gasteiger partial charge in [-0.2, -0.15) is 0 Å². The zero-order chi connectivity index (χ0) is 15.7. The van der Waals surface area contributed by atoms with Crippen LogP contribution in [0.4, 0.5) is 11.4 Å². The van der Waals surface area contributed by atoms with E-state index in [1.165, 1.54) is 0 Å². The van der Waals surface area contributed by atoms with E-state index >= 15 is 0 Å². The molecule has 112 valence electrons. The van der Waals surface area contributed by atoms with Crippen molar-refractivity contribution in [2.75, 3.05) is 10.6 Å². The minimum Gasteiger partial charge on any atom is -0.326 e. The lowest BCUT2D eigenvalue weighted by Crippen LogP contribution is -2.32. The van der Waals surface area contributed by atoms with Crippen LogP contribution in [0, 0.1) is 0 Å². The number of nitrogens with one attached hydrogen (secondary N) is 2. The molecule has 0 aliphatic carbocycles. The number of para-hydroxylation sites is 1. The molecule has 0 saturated carbocycles. The quantitative estimate of drug-likeness (QED) is 0.889. The van der Waals surface area contributed by atoms with Crippen molar-refractivity contribution in [2.24, 2.45) is 0 Å². The highest BCUT2D eigenvalue weighted by molar-refractivity contribution is 6.06. The van der Waals surface area contributed by atoms with E-state index in [0.29, 0.717) is 12.0 Å². The molecule has 3 rings (SSSR count). The summed E-state index contributed by atoms with van der Waals surface area (Å²) in [5, 5.41) is 5.70. The van der Waals surface area contributed by atoms with E-state index in [4.69, 9.17) is 0 Å². The first-order valence-electron chi connectivity index (χ1n) is 7.26. The molecule has 4 heteroatoms.